The highest BCUT2D eigenvalue weighted by Gasteiger charge is 2.27. The van der Waals surface area contributed by atoms with Crippen LogP contribution in [0.5, 0.6) is 0 Å². The largest absolute Gasteiger partial charge is 0.349 e. The molecule has 0 saturated carbocycles. The van der Waals surface area contributed by atoms with Gasteiger partial charge in [0.05, 0.1) is 18.2 Å². The molecule has 2 atom stereocenters. The Labute approximate surface area is 150 Å². The van der Waals surface area contributed by atoms with Crippen molar-refractivity contribution in [3.8, 4) is 0 Å². The molecular weight excluding hydrogens is 312 g/mol. The zero-order valence-corrected chi connectivity index (χ0v) is 15.4. The molecule has 2 heterocycles. The van der Waals surface area contributed by atoms with Crippen molar-refractivity contribution >= 4 is 5.91 Å². The molecular formula is C20H28N4O. The second-order valence-corrected chi connectivity index (χ2v) is 7.10. The van der Waals surface area contributed by atoms with Gasteiger partial charge in [0.1, 0.15) is 0 Å². The summed E-state index contributed by atoms with van der Waals surface area (Å²) in [5.74, 6) is 0.227. The highest BCUT2D eigenvalue weighted by Crippen LogP contribution is 2.21. The van der Waals surface area contributed by atoms with E-state index in [1.165, 1.54) is 5.56 Å². The van der Waals surface area contributed by atoms with Gasteiger partial charge in [-0.2, -0.15) is 5.10 Å². The molecule has 0 radical (unpaired) electrons. The van der Waals surface area contributed by atoms with Crippen LogP contribution in [0.3, 0.4) is 0 Å². The summed E-state index contributed by atoms with van der Waals surface area (Å²) in [6, 6.07) is 10.5. The maximum Gasteiger partial charge on any atom is 0.224 e. The maximum atomic E-state index is 12.7. The van der Waals surface area contributed by atoms with E-state index in [2.05, 4.69) is 39.6 Å². The number of likely N-dealkylation sites (tertiary alicyclic amines) is 1. The summed E-state index contributed by atoms with van der Waals surface area (Å²) in [6.07, 6.45) is 3.89. The first-order valence-corrected chi connectivity index (χ1v) is 9.09. The molecule has 1 aromatic carbocycles. The Morgan fingerprint density at radius 1 is 1.36 bits per heavy atom. The Balaban J connectivity index is 1.57. The summed E-state index contributed by atoms with van der Waals surface area (Å²) in [6.45, 7) is 6.89. The lowest BCUT2D eigenvalue weighted by Gasteiger charge is -2.32. The first-order chi connectivity index (χ1) is 12.0. The molecule has 1 aliphatic heterocycles. The highest BCUT2D eigenvalue weighted by atomic mass is 16.2. The van der Waals surface area contributed by atoms with Crippen LogP contribution in [0, 0.1) is 12.8 Å². The molecule has 5 heteroatoms. The maximum absolute atomic E-state index is 12.7. The summed E-state index contributed by atoms with van der Waals surface area (Å²) >= 11 is 0. The number of carbonyl (C=O) groups excluding carboxylic acids is 1. The van der Waals surface area contributed by atoms with Gasteiger partial charge in [-0.1, -0.05) is 30.3 Å². The third-order valence-corrected chi connectivity index (χ3v) is 5.22. The Kier molecular flexibility index (Phi) is 5.53. The molecule has 1 aliphatic rings. The fraction of sp³-hybridized carbons (Fsp3) is 0.500. The number of carbonyl (C=O) groups is 1. The number of rotatable bonds is 5. The van der Waals surface area contributed by atoms with Crippen LogP contribution in [0.1, 0.15) is 42.6 Å². The van der Waals surface area contributed by atoms with E-state index in [9.17, 15) is 4.79 Å². The predicted octanol–water partition coefficient (Wildman–Crippen LogP) is 2.82. The number of nitrogens with zero attached hydrogens (tertiary/aromatic N) is 3. The summed E-state index contributed by atoms with van der Waals surface area (Å²) in [4.78, 5) is 15.1. The van der Waals surface area contributed by atoms with E-state index in [1.54, 1.807) is 0 Å². The lowest BCUT2D eigenvalue weighted by atomic mass is 9.96. The van der Waals surface area contributed by atoms with Crippen LogP contribution in [-0.2, 0) is 18.4 Å². The molecule has 1 saturated heterocycles. The summed E-state index contributed by atoms with van der Waals surface area (Å²) in [7, 11) is 1.93. The molecule has 134 valence electrons. The number of aryl methyl sites for hydroxylation is 1. The van der Waals surface area contributed by atoms with Gasteiger partial charge in [-0.05, 0) is 38.8 Å². The third-order valence-electron chi connectivity index (χ3n) is 5.22. The van der Waals surface area contributed by atoms with E-state index in [-0.39, 0.29) is 17.9 Å². The molecule has 25 heavy (non-hydrogen) atoms. The number of benzene rings is 1. The standard InChI is InChI=1S/C20H28N4O/c1-15(19-12-21-23(3)16(19)2)22-20(25)18-10-7-11-24(14-18)13-17-8-5-4-6-9-17/h4-6,8-9,12,15,18H,7,10-11,13-14H2,1-3H3,(H,22,25)/t15-,18+/m1/s1. The SMILES string of the molecule is Cc1c([C@@H](C)NC(=O)[C@H]2CCCN(Cc3ccccc3)C2)cnn1C. The van der Waals surface area contributed by atoms with Crippen LogP contribution in [0.15, 0.2) is 36.5 Å². The molecule has 1 amide bonds. The number of piperidine rings is 1. The van der Waals surface area contributed by atoms with E-state index < -0.39 is 0 Å². The van der Waals surface area contributed by atoms with Crippen molar-refractivity contribution in [2.75, 3.05) is 13.1 Å². The van der Waals surface area contributed by atoms with Crippen molar-refractivity contribution in [1.29, 1.82) is 0 Å². The molecule has 0 aliphatic carbocycles. The third kappa shape index (κ3) is 4.28. The van der Waals surface area contributed by atoms with E-state index in [0.29, 0.717) is 0 Å². The zero-order valence-electron chi connectivity index (χ0n) is 15.4. The number of hydrogen-bond acceptors (Lipinski definition) is 3. The fourth-order valence-electron chi connectivity index (χ4n) is 3.60. The minimum atomic E-state index is -0.00861. The predicted molar refractivity (Wildman–Crippen MR) is 98.9 cm³/mol. The molecule has 1 fully saturated rings. The number of hydrogen-bond donors (Lipinski definition) is 1. The first-order valence-electron chi connectivity index (χ1n) is 9.09. The highest BCUT2D eigenvalue weighted by molar-refractivity contribution is 5.79. The Bertz CT molecular complexity index is 710. The Morgan fingerprint density at radius 3 is 2.80 bits per heavy atom. The van der Waals surface area contributed by atoms with E-state index in [1.807, 2.05) is 37.8 Å². The topological polar surface area (TPSA) is 50.2 Å². The summed E-state index contributed by atoms with van der Waals surface area (Å²) in [5, 5.41) is 7.46. The first kappa shape index (κ1) is 17.7. The smallest absolute Gasteiger partial charge is 0.224 e. The van der Waals surface area contributed by atoms with Crippen LogP contribution >= 0.6 is 0 Å². The van der Waals surface area contributed by atoms with Crippen molar-refractivity contribution in [3.05, 3.63) is 53.3 Å². The average Bonchev–Trinajstić information content (AvgIpc) is 2.95. The van der Waals surface area contributed by atoms with Gasteiger partial charge in [0.15, 0.2) is 0 Å². The molecule has 2 aromatic rings. The Morgan fingerprint density at radius 2 is 2.12 bits per heavy atom. The minimum absolute atomic E-state index is 0.00861. The Hall–Kier alpha value is -2.14. The van der Waals surface area contributed by atoms with Crippen molar-refractivity contribution in [2.45, 2.75) is 39.3 Å². The minimum Gasteiger partial charge on any atom is -0.349 e. The van der Waals surface area contributed by atoms with Gasteiger partial charge in [0.2, 0.25) is 5.91 Å². The van der Waals surface area contributed by atoms with Gasteiger partial charge in [0, 0.05) is 31.4 Å². The van der Waals surface area contributed by atoms with Gasteiger partial charge in [-0.25, -0.2) is 0 Å². The second-order valence-electron chi connectivity index (χ2n) is 7.10. The molecule has 1 aromatic heterocycles. The molecule has 3 rings (SSSR count). The summed E-state index contributed by atoms with van der Waals surface area (Å²) in [5.41, 5.74) is 3.50. The van der Waals surface area contributed by atoms with Gasteiger partial charge in [-0.15, -0.1) is 0 Å². The quantitative estimate of drug-likeness (QED) is 0.910. The zero-order chi connectivity index (χ0) is 17.8. The van der Waals surface area contributed by atoms with Gasteiger partial charge < -0.3 is 5.32 Å². The van der Waals surface area contributed by atoms with Gasteiger partial charge >= 0.3 is 0 Å². The van der Waals surface area contributed by atoms with Crippen LogP contribution in [0.25, 0.3) is 0 Å². The van der Waals surface area contributed by atoms with Crippen molar-refractivity contribution in [1.82, 2.24) is 20.0 Å². The van der Waals surface area contributed by atoms with Crippen molar-refractivity contribution in [2.24, 2.45) is 13.0 Å². The molecule has 0 bridgehead atoms. The van der Waals surface area contributed by atoms with Crippen LogP contribution < -0.4 is 5.32 Å². The molecule has 5 nitrogen and oxygen atoms in total. The van der Waals surface area contributed by atoms with E-state index in [0.717, 1.165) is 43.7 Å². The molecule has 1 N–H and O–H groups in total. The molecule has 0 spiro atoms. The van der Waals surface area contributed by atoms with Crippen LogP contribution in [0.2, 0.25) is 0 Å². The van der Waals surface area contributed by atoms with Crippen LogP contribution in [0.4, 0.5) is 0 Å². The number of amides is 1. The van der Waals surface area contributed by atoms with Crippen LogP contribution in [-0.4, -0.2) is 33.7 Å². The monoisotopic (exact) mass is 340 g/mol. The average molecular weight is 340 g/mol. The van der Waals surface area contributed by atoms with Crippen molar-refractivity contribution < 1.29 is 4.79 Å². The number of aromatic nitrogens is 2. The van der Waals surface area contributed by atoms with E-state index >= 15 is 0 Å². The van der Waals surface area contributed by atoms with Crippen molar-refractivity contribution in [3.63, 3.8) is 0 Å². The van der Waals surface area contributed by atoms with Gasteiger partial charge in [-0.3, -0.25) is 14.4 Å². The number of nitrogens with one attached hydrogen (secondary N) is 1. The lowest BCUT2D eigenvalue weighted by molar-refractivity contribution is -0.127. The lowest BCUT2D eigenvalue weighted by Crippen LogP contribution is -2.43. The van der Waals surface area contributed by atoms with E-state index in [4.69, 9.17) is 0 Å². The normalized spacial score (nSPS) is 19.6. The molecule has 0 unspecified atom stereocenters. The summed E-state index contributed by atoms with van der Waals surface area (Å²) < 4.78 is 1.85. The second kappa shape index (κ2) is 7.83. The van der Waals surface area contributed by atoms with Gasteiger partial charge in [0.25, 0.3) is 0 Å². The fourth-order valence-corrected chi connectivity index (χ4v) is 3.60.